The van der Waals surface area contributed by atoms with Crippen molar-refractivity contribution in [2.45, 2.75) is 13.8 Å². The number of nitro benzene ring substituents is 1. The summed E-state index contributed by atoms with van der Waals surface area (Å²) in [6, 6.07) is 14.4. The largest absolute Gasteiger partial charge is 0.341 e. The van der Waals surface area contributed by atoms with Gasteiger partial charge in [-0.2, -0.15) is 0 Å². The lowest BCUT2D eigenvalue weighted by Gasteiger charge is -2.20. The van der Waals surface area contributed by atoms with Crippen molar-refractivity contribution in [2.75, 3.05) is 18.0 Å². The van der Waals surface area contributed by atoms with Gasteiger partial charge in [0, 0.05) is 36.2 Å². The Balaban J connectivity index is 2.30. The molecule has 0 bridgehead atoms. The maximum absolute atomic E-state index is 11.1. The van der Waals surface area contributed by atoms with E-state index in [1.165, 1.54) is 6.07 Å². The van der Waals surface area contributed by atoms with E-state index >= 15 is 0 Å². The summed E-state index contributed by atoms with van der Waals surface area (Å²) in [7, 11) is 0. The predicted octanol–water partition coefficient (Wildman–Crippen LogP) is 4.05. The van der Waals surface area contributed by atoms with Crippen LogP contribution in [0.25, 0.3) is 22.2 Å². The minimum absolute atomic E-state index is 0.0406. The third-order valence-corrected chi connectivity index (χ3v) is 3.97. The van der Waals surface area contributed by atoms with Gasteiger partial charge in [-0.15, -0.1) is 0 Å². The summed E-state index contributed by atoms with van der Waals surface area (Å²) in [5, 5.41) is 11.8. The number of aromatic nitrogens is 2. The quantitative estimate of drug-likeness (QED) is 0.523. The first-order valence-corrected chi connectivity index (χ1v) is 7.90. The van der Waals surface area contributed by atoms with Gasteiger partial charge < -0.3 is 4.90 Å². The molecule has 24 heavy (non-hydrogen) atoms. The molecule has 0 aliphatic rings. The number of non-ortho nitro benzene ring substituents is 1. The van der Waals surface area contributed by atoms with E-state index in [9.17, 15) is 10.1 Å². The molecule has 0 spiro atoms. The number of benzene rings is 2. The predicted molar refractivity (Wildman–Crippen MR) is 95.2 cm³/mol. The Labute approximate surface area is 139 Å². The minimum atomic E-state index is -0.396. The first kappa shape index (κ1) is 15.9. The van der Waals surface area contributed by atoms with Crippen LogP contribution in [0.1, 0.15) is 13.8 Å². The van der Waals surface area contributed by atoms with Crippen LogP contribution in [0.2, 0.25) is 0 Å². The zero-order chi connectivity index (χ0) is 17.1. The highest BCUT2D eigenvalue weighted by Gasteiger charge is 2.16. The summed E-state index contributed by atoms with van der Waals surface area (Å²) in [6.07, 6.45) is 0. The van der Waals surface area contributed by atoms with Crippen LogP contribution in [0.15, 0.2) is 48.5 Å². The molecule has 0 N–H and O–H groups in total. The number of nitrogens with zero attached hydrogens (tertiary/aromatic N) is 4. The Hall–Kier alpha value is -3.02. The molecule has 2 aromatic carbocycles. The fourth-order valence-corrected chi connectivity index (χ4v) is 2.68. The van der Waals surface area contributed by atoms with Crippen molar-refractivity contribution < 1.29 is 4.92 Å². The number of fused-ring (bicyclic) bond motifs is 1. The number of hydrogen-bond donors (Lipinski definition) is 0. The summed E-state index contributed by atoms with van der Waals surface area (Å²) >= 11 is 0. The number of anilines is 1. The topological polar surface area (TPSA) is 72.2 Å². The number of hydrogen-bond acceptors (Lipinski definition) is 5. The second-order valence-corrected chi connectivity index (χ2v) is 5.37. The van der Waals surface area contributed by atoms with Crippen LogP contribution in [0.3, 0.4) is 0 Å². The monoisotopic (exact) mass is 322 g/mol. The van der Waals surface area contributed by atoms with Gasteiger partial charge in [-0.25, -0.2) is 9.97 Å². The first-order chi connectivity index (χ1) is 11.6. The molecule has 0 fully saturated rings. The smallest absolute Gasteiger partial charge is 0.270 e. The Bertz CT molecular complexity index is 877. The second kappa shape index (κ2) is 6.62. The third-order valence-electron chi connectivity index (χ3n) is 3.97. The fourth-order valence-electron chi connectivity index (χ4n) is 2.68. The van der Waals surface area contributed by atoms with Crippen molar-refractivity contribution in [3.05, 3.63) is 58.6 Å². The van der Waals surface area contributed by atoms with Gasteiger partial charge in [-0.1, -0.05) is 30.3 Å². The number of nitro groups is 1. The van der Waals surface area contributed by atoms with Crippen molar-refractivity contribution in [1.82, 2.24) is 9.97 Å². The molecule has 1 aromatic heterocycles. The van der Waals surface area contributed by atoms with E-state index in [1.807, 2.05) is 30.3 Å². The molecule has 0 atom stereocenters. The average Bonchev–Trinajstić information content (AvgIpc) is 2.62. The van der Waals surface area contributed by atoms with Gasteiger partial charge >= 0.3 is 0 Å². The second-order valence-electron chi connectivity index (χ2n) is 5.37. The Morgan fingerprint density at radius 1 is 1.04 bits per heavy atom. The highest BCUT2D eigenvalue weighted by Crippen LogP contribution is 2.30. The summed E-state index contributed by atoms with van der Waals surface area (Å²) in [4.78, 5) is 22.1. The average molecular weight is 322 g/mol. The van der Waals surface area contributed by atoms with Crippen LogP contribution in [0, 0.1) is 10.1 Å². The number of rotatable bonds is 5. The molecule has 3 rings (SSSR count). The molecule has 0 saturated heterocycles. The summed E-state index contributed by atoms with van der Waals surface area (Å²) in [5.41, 5.74) is 2.38. The van der Waals surface area contributed by atoms with Crippen LogP contribution in [-0.4, -0.2) is 28.0 Å². The maximum atomic E-state index is 11.1. The van der Waals surface area contributed by atoms with Crippen LogP contribution in [0.4, 0.5) is 11.6 Å². The van der Waals surface area contributed by atoms with Crippen molar-refractivity contribution in [1.29, 1.82) is 0 Å². The normalized spacial score (nSPS) is 10.8. The van der Waals surface area contributed by atoms with E-state index in [-0.39, 0.29) is 5.69 Å². The molecule has 6 nitrogen and oxygen atoms in total. The molecule has 0 aliphatic carbocycles. The molecule has 0 aliphatic heterocycles. The minimum Gasteiger partial charge on any atom is -0.341 e. The third kappa shape index (κ3) is 2.90. The molecule has 1 heterocycles. The van der Waals surface area contributed by atoms with Gasteiger partial charge in [-0.3, -0.25) is 10.1 Å². The van der Waals surface area contributed by atoms with E-state index in [4.69, 9.17) is 4.98 Å². The van der Waals surface area contributed by atoms with Crippen molar-refractivity contribution >= 4 is 22.5 Å². The van der Waals surface area contributed by atoms with Crippen molar-refractivity contribution in [2.24, 2.45) is 0 Å². The zero-order valence-corrected chi connectivity index (χ0v) is 13.6. The van der Waals surface area contributed by atoms with E-state index < -0.39 is 4.92 Å². The van der Waals surface area contributed by atoms with Crippen LogP contribution >= 0.6 is 0 Å². The van der Waals surface area contributed by atoms with E-state index in [2.05, 4.69) is 23.7 Å². The van der Waals surface area contributed by atoms with Gasteiger partial charge in [0.1, 0.15) is 0 Å². The van der Waals surface area contributed by atoms with Gasteiger partial charge in [0.25, 0.3) is 5.69 Å². The SMILES string of the molecule is CCN(CC)c1nc(-c2ccccc2)c2cc([N+](=O)[O-])ccc2n1. The highest BCUT2D eigenvalue weighted by atomic mass is 16.6. The molecule has 3 aromatic rings. The van der Waals surface area contributed by atoms with Crippen LogP contribution < -0.4 is 4.90 Å². The molecular weight excluding hydrogens is 304 g/mol. The lowest BCUT2D eigenvalue weighted by molar-refractivity contribution is -0.384. The van der Waals surface area contributed by atoms with Gasteiger partial charge in [-0.05, 0) is 19.9 Å². The fraction of sp³-hybridized carbons (Fsp3) is 0.222. The Morgan fingerprint density at radius 3 is 2.38 bits per heavy atom. The maximum Gasteiger partial charge on any atom is 0.270 e. The zero-order valence-electron chi connectivity index (χ0n) is 13.6. The highest BCUT2D eigenvalue weighted by molar-refractivity contribution is 5.94. The molecule has 122 valence electrons. The van der Waals surface area contributed by atoms with Crippen molar-refractivity contribution in [3.8, 4) is 11.3 Å². The lowest BCUT2D eigenvalue weighted by Crippen LogP contribution is -2.24. The van der Waals surface area contributed by atoms with Crippen LogP contribution in [0.5, 0.6) is 0 Å². The lowest BCUT2D eigenvalue weighted by atomic mass is 10.1. The van der Waals surface area contributed by atoms with E-state index in [0.717, 1.165) is 18.7 Å². The molecule has 0 unspecified atom stereocenters. The van der Waals surface area contributed by atoms with Gasteiger partial charge in [0.2, 0.25) is 5.95 Å². The molecule has 0 saturated carbocycles. The van der Waals surface area contributed by atoms with Crippen molar-refractivity contribution in [3.63, 3.8) is 0 Å². The van der Waals surface area contributed by atoms with Gasteiger partial charge in [0.05, 0.1) is 16.1 Å². The van der Waals surface area contributed by atoms with E-state index in [1.54, 1.807) is 12.1 Å². The Kier molecular flexibility index (Phi) is 4.37. The van der Waals surface area contributed by atoms with Crippen LogP contribution in [-0.2, 0) is 0 Å². The molecule has 6 heteroatoms. The summed E-state index contributed by atoms with van der Waals surface area (Å²) < 4.78 is 0. The molecule has 0 radical (unpaired) electrons. The van der Waals surface area contributed by atoms with Gasteiger partial charge in [0.15, 0.2) is 0 Å². The molecular formula is C18H18N4O2. The van der Waals surface area contributed by atoms with E-state index in [0.29, 0.717) is 22.5 Å². The molecule has 0 amide bonds. The summed E-state index contributed by atoms with van der Waals surface area (Å²) in [6.45, 7) is 5.69. The Morgan fingerprint density at radius 2 is 1.75 bits per heavy atom. The summed E-state index contributed by atoms with van der Waals surface area (Å²) in [5.74, 6) is 0.639. The standard InChI is InChI=1S/C18H18N4O2/c1-3-21(4-2)18-19-16-11-10-14(22(23)24)12-15(16)17(20-18)13-8-6-5-7-9-13/h5-12H,3-4H2,1-2H3. The first-order valence-electron chi connectivity index (χ1n) is 7.90.